The summed E-state index contributed by atoms with van der Waals surface area (Å²) in [5.74, 6) is 1.43. The molecule has 0 bridgehead atoms. The van der Waals surface area contributed by atoms with E-state index in [1.807, 2.05) is 28.8 Å². The van der Waals surface area contributed by atoms with Crippen molar-refractivity contribution in [1.82, 2.24) is 14.8 Å². The van der Waals surface area contributed by atoms with Crippen LogP contribution in [0.3, 0.4) is 0 Å². The molecule has 3 rings (SSSR count). The van der Waals surface area contributed by atoms with Crippen LogP contribution in [0.1, 0.15) is 0 Å². The molecule has 1 N–H and O–H groups in total. The van der Waals surface area contributed by atoms with Gasteiger partial charge < -0.3 is 10.1 Å². The summed E-state index contributed by atoms with van der Waals surface area (Å²) in [6.07, 6.45) is 1.76. The van der Waals surface area contributed by atoms with Crippen molar-refractivity contribution in [1.29, 1.82) is 0 Å². The van der Waals surface area contributed by atoms with Crippen LogP contribution in [0.5, 0.6) is 5.75 Å². The second-order valence-corrected chi connectivity index (χ2v) is 7.66. The zero-order valence-electron chi connectivity index (χ0n) is 15.6. The lowest BCUT2D eigenvalue weighted by molar-refractivity contribution is -0.113. The van der Waals surface area contributed by atoms with Gasteiger partial charge in [-0.25, -0.2) is 0 Å². The average Bonchev–Trinajstić information content (AvgIpc) is 3.12. The van der Waals surface area contributed by atoms with Gasteiger partial charge in [0.1, 0.15) is 5.75 Å². The van der Waals surface area contributed by atoms with Gasteiger partial charge in [-0.05, 0) is 42.5 Å². The Morgan fingerprint density at radius 2 is 1.97 bits per heavy atom. The second-order valence-electron chi connectivity index (χ2n) is 5.90. The van der Waals surface area contributed by atoms with E-state index in [2.05, 4.69) is 22.1 Å². The molecule has 0 aliphatic rings. The Hall–Kier alpha value is -2.48. The number of thioether (sulfide) groups is 1. The quantitative estimate of drug-likeness (QED) is 0.379. The SMILES string of the molecule is C=CCn1c(SCC(=O)Nc2ccc(Cl)c(Cl)c2)nnc1-c1ccc(OC)cc1. The maximum absolute atomic E-state index is 12.3. The van der Waals surface area contributed by atoms with Gasteiger partial charge in [0.2, 0.25) is 5.91 Å². The Bertz CT molecular complexity index is 1020. The summed E-state index contributed by atoms with van der Waals surface area (Å²) < 4.78 is 7.10. The first kappa shape index (κ1) is 21.2. The van der Waals surface area contributed by atoms with Crippen molar-refractivity contribution in [2.24, 2.45) is 0 Å². The number of nitrogens with zero attached hydrogens (tertiary/aromatic N) is 3. The average molecular weight is 449 g/mol. The summed E-state index contributed by atoms with van der Waals surface area (Å²) in [7, 11) is 1.62. The van der Waals surface area contributed by atoms with E-state index >= 15 is 0 Å². The standard InChI is InChI=1S/C20H18Cl2N4O2S/c1-3-10-26-19(13-4-7-15(28-2)8-5-13)24-25-20(26)29-12-18(27)23-14-6-9-16(21)17(22)11-14/h3-9,11H,1,10,12H2,2H3,(H,23,27). The van der Waals surface area contributed by atoms with Crippen molar-refractivity contribution in [2.75, 3.05) is 18.2 Å². The zero-order chi connectivity index (χ0) is 20.8. The largest absolute Gasteiger partial charge is 0.497 e. The molecule has 0 aliphatic carbocycles. The molecule has 1 heterocycles. The summed E-state index contributed by atoms with van der Waals surface area (Å²) >= 11 is 13.2. The summed E-state index contributed by atoms with van der Waals surface area (Å²) in [5.41, 5.74) is 1.48. The first-order chi connectivity index (χ1) is 14.0. The highest BCUT2D eigenvalue weighted by Gasteiger charge is 2.15. The van der Waals surface area contributed by atoms with Crippen LogP contribution in [0.4, 0.5) is 5.69 Å². The van der Waals surface area contributed by atoms with Crippen LogP contribution in [0.25, 0.3) is 11.4 Å². The molecule has 29 heavy (non-hydrogen) atoms. The van der Waals surface area contributed by atoms with Crippen molar-refractivity contribution in [2.45, 2.75) is 11.7 Å². The third-order valence-corrected chi connectivity index (χ3v) is 5.62. The molecule has 0 saturated carbocycles. The number of anilines is 1. The fraction of sp³-hybridized carbons (Fsp3) is 0.150. The number of benzene rings is 2. The van der Waals surface area contributed by atoms with E-state index in [1.165, 1.54) is 11.8 Å². The molecular formula is C20H18Cl2N4O2S. The fourth-order valence-electron chi connectivity index (χ4n) is 2.54. The van der Waals surface area contributed by atoms with Crippen LogP contribution in [0.2, 0.25) is 10.0 Å². The lowest BCUT2D eigenvalue weighted by Crippen LogP contribution is -2.14. The molecular weight excluding hydrogens is 431 g/mol. The molecule has 6 nitrogen and oxygen atoms in total. The lowest BCUT2D eigenvalue weighted by atomic mass is 10.2. The van der Waals surface area contributed by atoms with E-state index in [9.17, 15) is 4.79 Å². The zero-order valence-corrected chi connectivity index (χ0v) is 17.9. The highest BCUT2D eigenvalue weighted by molar-refractivity contribution is 7.99. The number of nitrogens with one attached hydrogen (secondary N) is 1. The summed E-state index contributed by atoms with van der Waals surface area (Å²) in [5, 5.41) is 12.7. The van der Waals surface area contributed by atoms with Gasteiger partial charge in [0.25, 0.3) is 0 Å². The number of amides is 1. The predicted molar refractivity (Wildman–Crippen MR) is 118 cm³/mol. The number of hydrogen-bond donors (Lipinski definition) is 1. The third kappa shape index (κ3) is 5.32. The number of rotatable bonds is 8. The van der Waals surface area contributed by atoms with Crippen LogP contribution in [0, 0.1) is 0 Å². The summed E-state index contributed by atoms with van der Waals surface area (Å²) in [4.78, 5) is 12.3. The van der Waals surface area contributed by atoms with Crippen molar-refractivity contribution in [3.63, 3.8) is 0 Å². The molecule has 2 aromatic carbocycles. The molecule has 150 valence electrons. The fourth-order valence-corrected chi connectivity index (χ4v) is 3.59. The van der Waals surface area contributed by atoms with Gasteiger partial charge in [0, 0.05) is 17.8 Å². The van der Waals surface area contributed by atoms with Gasteiger partial charge in [-0.1, -0.05) is 41.0 Å². The second kappa shape index (κ2) is 9.82. The Balaban J connectivity index is 1.71. The van der Waals surface area contributed by atoms with Crippen LogP contribution in [-0.4, -0.2) is 33.5 Å². The van der Waals surface area contributed by atoms with Gasteiger partial charge in [-0.2, -0.15) is 0 Å². The normalized spacial score (nSPS) is 10.6. The third-order valence-electron chi connectivity index (χ3n) is 3.91. The van der Waals surface area contributed by atoms with Gasteiger partial charge >= 0.3 is 0 Å². The van der Waals surface area contributed by atoms with Crippen LogP contribution in [0.15, 0.2) is 60.3 Å². The summed E-state index contributed by atoms with van der Waals surface area (Å²) in [6, 6.07) is 12.5. The Labute approximate surface area is 182 Å². The molecule has 0 unspecified atom stereocenters. The molecule has 0 atom stereocenters. The molecule has 3 aromatic rings. The maximum Gasteiger partial charge on any atom is 0.234 e. The molecule has 9 heteroatoms. The Morgan fingerprint density at radius 1 is 1.21 bits per heavy atom. The van der Waals surface area contributed by atoms with Crippen molar-refractivity contribution < 1.29 is 9.53 Å². The number of hydrogen-bond acceptors (Lipinski definition) is 5. The highest BCUT2D eigenvalue weighted by atomic mass is 35.5. The number of ether oxygens (including phenoxy) is 1. The van der Waals surface area contributed by atoms with Gasteiger partial charge in [-0.3, -0.25) is 9.36 Å². The number of carbonyl (C=O) groups is 1. The van der Waals surface area contributed by atoms with Crippen LogP contribution < -0.4 is 10.1 Å². The monoisotopic (exact) mass is 448 g/mol. The van der Waals surface area contributed by atoms with E-state index in [1.54, 1.807) is 31.4 Å². The molecule has 0 spiro atoms. The lowest BCUT2D eigenvalue weighted by Gasteiger charge is -2.09. The molecule has 0 aliphatic heterocycles. The van der Waals surface area contributed by atoms with Gasteiger partial charge in [0.15, 0.2) is 11.0 Å². The van der Waals surface area contributed by atoms with Gasteiger partial charge in [0.05, 0.1) is 22.9 Å². The number of aromatic nitrogens is 3. The van der Waals surface area contributed by atoms with E-state index < -0.39 is 0 Å². The number of methoxy groups -OCH3 is 1. The van der Waals surface area contributed by atoms with E-state index in [0.717, 1.165) is 11.3 Å². The number of halogens is 2. The molecule has 0 saturated heterocycles. The van der Waals surface area contributed by atoms with Crippen LogP contribution in [-0.2, 0) is 11.3 Å². The minimum absolute atomic E-state index is 0.165. The van der Waals surface area contributed by atoms with Gasteiger partial charge in [-0.15, -0.1) is 16.8 Å². The molecule has 0 fully saturated rings. The first-order valence-electron chi connectivity index (χ1n) is 8.58. The topological polar surface area (TPSA) is 69.0 Å². The maximum atomic E-state index is 12.3. The Morgan fingerprint density at radius 3 is 2.62 bits per heavy atom. The Kier molecular flexibility index (Phi) is 7.19. The summed E-state index contributed by atoms with van der Waals surface area (Å²) in [6.45, 7) is 4.32. The minimum Gasteiger partial charge on any atom is -0.497 e. The molecule has 1 amide bonds. The number of carbonyl (C=O) groups excluding carboxylic acids is 1. The number of allylic oxidation sites excluding steroid dienone is 1. The molecule has 1 aromatic heterocycles. The van der Waals surface area contributed by atoms with Crippen molar-refractivity contribution in [3.8, 4) is 17.1 Å². The van der Waals surface area contributed by atoms with Crippen LogP contribution >= 0.6 is 35.0 Å². The predicted octanol–water partition coefficient (Wildman–Crippen LogP) is 5.18. The van der Waals surface area contributed by atoms with Crippen molar-refractivity contribution >= 4 is 46.6 Å². The van der Waals surface area contributed by atoms with Crippen molar-refractivity contribution in [3.05, 3.63) is 65.2 Å². The van der Waals surface area contributed by atoms with E-state index in [0.29, 0.717) is 33.3 Å². The van der Waals surface area contributed by atoms with E-state index in [4.69, 9.17) is 27.9 Å². The van der Waals surface area contributed by atoms with E-state index in [-0.39, 0.29) is 11.7 Å². The minimum atomic E-state index is -0.187. The first-order valence-corrected chi connectivity index (χ1v) is 10.3. The smallest absolute Gasteiger partial charge is 0.234 e. The molecule has 0 radical (unpaired) electrons. The highest BCUT2D eigenvalue weighted by Crippen LogP contribution is 2.27.